The van der Waals surface area contributed by atoms with Gasteiger partial charge in [-0.2, -0.15) is 0 Å². The van der Waals surface area contributed by atoms with Gasteiger partial charge in [-0.05, 0) is 38.0 Å². The van der Waals surface area contributed by atoms with Gasteiger partial charge in [0.2, 0.25) is 0 Å². The van der Waals surface area contributed by atoms with E-state index >= 15 is 0 Å². The molecule has 0 aliphatic heterocycles. The molecule has 1 aromatic heterocycles. The molecule has 1 saturated carbocycles. The molecule has 19 heavy (non-hydrogen) atoms. The van der Waals surface area contributed by atoms with Crippen LogP contribution in [0.1, 0.15) is 51.5 Å². The van der Waals surface area contributed by atoms with E-state index in [1.165, 1.54) is 0 Å². The van der Waals surface area contributed by atoms with Gasteiger partial charge < -0.3 is 9.84 Å². The molecule has 1 atom stereocenters. The van der Waals surface area contributed by atoms with Gasteiger partial charge in [-0.25, -0.2) is 4.98 Å². The Kier molecular flexibility index (Phi) is 4.64. The molecule has 1 N–H and O–H groups in total. The number of aliphatic hydroxyl groups excluding tert-OH is 1. The van der Waals surface area contributed by atoms with Crippen LogP contribution in [0.4, 0.5) is 0 Å². The van der Waals surface area contributed by atoms with Crippen LogP contribution >= 0.6 is 11.3 Å². The number of thiazole rings is 1. The monoisotopic (exact) mass is 283 g/mol. The second-order valence-corrected chi connectivity index (χ2v) is 7.29. The third-order valence-corrected chi connectivity index (χ3v) is 5.14. The first-order valence-electron chi connectivity index (χ1n) is 7.18. The van der Waals surface area contributed by atoms with E-state index in [2.05, 4.69) is 18.8 Å². The SMILES string of the molecule is CCOC1(C(O)Cc2nccs2)CCC(C)(C)CC1. The molecule has 0 amide bonds. The summed E-state index contributed by atoms with van der Waals surface area (Å²) in [6, 6.07) is 0. The largest absolute Gasteiger partial charge is 0.390 e. The van der Waals surface area contributed by atoms with Crippen LogP contribution in [0.25, 0.3) is 0 Å². The Balaban J connectivity index is 2.06. The lowest BCUT2D eigenvalue weighted by atomic mass is 9.68. The fourth-order valence-corrected chi connectivity index (χ4v) is 3.57. The minimum atomic E-state index is -0.449. The molecule has 0 radical (unpaired) electrons. The van der Waals surface area contributed by atoms with Crippen molar-refractivity contribution in [3.05, 3.63) is 16.6 Å². The van der Waals surface area contributed by atoms with Crippen molar-refractivity contribution in [3.8, 4) is 0 Å². The maximum Gasteiger partial charge on any atom is 0.0951 e. The van der Waals surface area contributed by atoms with Gasteiger partial charge in [0.25, 0.3) is 0 Å². The number of rotatable bonds is 5. The third-order valence-electron chi connectivity index (χ3n) is 4.34. The average molecular weight is 283 g/mol. The zero-order valence-electron chi connectivity index (χ0n) is 12.2. The number of hydrogen-bond acceptors (Lipinski definition) is 4. The van der Waals surface area contributed by atoms with E-state index < -0.39 is 6.10 Å². The van der Waals surface area contributed by atoms with Gasteiger partial charge in [0.15, 0.2) is 0 Å². The minimum Gasteiger partial charge on any atom is -0.390 e. The van der Waals surface area contributed by atoms with Crippen molar-refractivity contribution < 1.29 is 9.84 Å². The predicted molar refractivity (Wildman–Crippen MR) is 78.4 cm³/mol. The lowest BCUT2D eigenvalue weighted by Gasteiger charge is -2.45. The molecule has 3 nitrogen and oxygen atoms in total. The van der Waals surface area contributed by atoms with E-state index in [9.17, 15) is 5.11 Å². The van der Waals surface area contributed by atoms with Crippen molar-refractivity contribution in [3.63, 3.8) is 0 Å². The molecule has 1 fully saturated rings. The highest BCUT2D eigenvalue weighted by molar-refractivity contribution is 7.09. The summed E-state index contributed by atoms with van der Waals surface area (Å²) >= 11 is 1.61. The van der Waals surface area contributed by atoms with Gasteiger partial charge in [-0.15, -0.1) is 11.3 Å². The van der Waals surface area contributed by atoms with Crippen LogP contribution in [0.3, 0.4) is 0 Å². The van der Waals surface area contributed by atoms with Gasteiger partial charge in [0.1, 0.15) is 0 Å². The van der Waals surface area contributed by atoms with Gasteiger partial charge in [0, 0.05) is 24.6 Å². The number of ether oxygens (including phenoxy) is 1. The first kappa shape index (κ1) is 14.9. The second kappa shape index (κ2) is 5.90. The van der Waals surface area contributed by atoms with Gasteiger partial charge in [0.05, 0.1) is 16.7 Å². The summed E-state index contributed by atoms with van der Waals surface area (Å²) in [7, 11) is 0. The Morgan fingerprint density at radius 1 is 1.37 bits per heavy atom. The summed E-state index contributed by atoms with van der Waals surface area (Å²) in [5.41, 5.74) is 0.0114. The molecule has 108 valence electrons. The topological polar surface area (TPSA) is 42.4 Å². The highest BCUT2D eigenvalue weighted by Crippen LogP contribution is 2.44. The summed E-state index contributed by atoms with van der Waals surface area (Å²) < 4.78 is 6.00. The van der Waals surface area contributed by atoms with Crippen LogP contribution in [0, 0.1) is 5.41 Å². The Hall–Kier alpha value is -0.450. The highest BCUT2D eigenvalue weighted by Gasteiger charge is 2.44. The maximum atomic E-state index is 10.6. The zero-order valence-corrected chi connectivity index (χ0v) is 13.0. The molecule has 0 spiro atoms. The van der Waals surface area contributed by atoms with Crippen LogP contribution in [0.15, 0.2) is 11.6 Å². The molecule has 4 heteroatoms. The summed E-state index contributed by atoms with van der Waals surface area (Å²) in [5, 5.41) is 13.6. The van der Waals surface area contributed by atoms with Crippen molar-refractivity contribution in [2.24, 2.45) is 5.41 Å². The summed E-state index contributed by atoms with van der Waals surface area (Å²) in [5.74, 6) is 0. The quantitative estimate of drug-likeness (QED) is 0.900. The van der Waals surface area contributed by atoms with Crippen LogP contribution in [-0.4, -0.2) is 28.4 Å². The van der Waals surface area contributed by atoms with Gasteiger partial charge in [-0.3, -0.25) is 0 Å². The first-order valence-corrected chi connectivity index (χ1v) is 8.06. The van der Waals surface area contributed by atoms with Crippen molar-refractivity contribution in [1.29, 1.82) is 0 Å². The Morgan fingerprint density at radius 2 is 2.05 bits per heavy atom. The molecule has 1 aliphatic rings. The molecule has 2 rings (SSSR count). The van der Waals surface area contributed by atoms with Gasteiger partial charge >= 0.3 is 0 Å². The Morgan fingerprint density at radius 3 is 2.58 bits per heavy atom. The molecule has 0 bridgehead atoms. The average Bonchev–Trinajstić information content (AvgIpc) is 2.85. The number of hydrogen-bond donors (Lipinski definition) is 1. The molecule has 1 unspecified atom stereocenters. The fourth-order valence-electron chi connectivity index (χ4n) is 2.92. The molecule has 0 saturated heterocycles. The smallest absolute Gasteiger partial charge is 0.0951 e. The normalized spacial score (nSPS) is 23.2. The number of aliphatic hydroxyl groups is 1. The van der Waals surface area contributed by atoms with Crippen molar-refractivity contribution in [1.82, 2.24) is 4.98 Å². The predicted octanol–water partition coefficient (Wildman–Crippen LogP) is 3.42. The third kappa shape index (κ3) is 3.56. The van der Waals surface area contributed by atoms with Crippen LogP contribution in [0.5, 0.6) is 0 Å². The molecule has 1 heterocycles. The van der Waals surface area contributed by atoms with Gasteiger partial charge in [-0.1, -0.05) is 13.8 Å². The molecule has 1 aromatic rings. The maximum absolute atomic E-state index is 10.6. The summed E-state index contributed by atoms with van der Waals surface area (Å²) in [4.78, 5) is 4.27. The van der Waals surface area contributed by atoms with E-state index in [-0.39, 0.29) is 5.60 Å². The van der Waals surface area contributed by atoms with E-state index in [1.54, 1.807) is 17.5 Å². The standard InChI is InChI=1S/C15H25NO2S/c1-4-18-15(7-5-14(2,3)6-8-15)12(17)11-13-16-9-10-19-13/h9-10,12,17H,4-8,11H2,1-3H3. The van der Waals surface area contributed by atoms with Crippen LogP contribution in [-0.2, 0) is 11.2 Å². The van der Waals surface area contributed by atoms with Crippen LogP contribution in [0.2, 0.25) is 0 Å². The molecule has 1 aliphatic carbocycles. The van der Waals surface area contributed by atoms with E-state index in [0.717, 1.165) is 30.7 Å². The Bertz CT molecular complexity index is 379. The summed E-state index contributed by atoms with van der Waals surface area (Å²) in [6.45, 7) is 7.28. The molecular weight excluding hydrogens is 258 g/mol. The Labute approximate surface area is 120 Å². The highest BCUT2D eigenvalue weighted by atomic mass is 32.1. The van der Waals surface area contributed by atoms with Crippen molar-refractivity contribution in [2.45, 2.75) is 64.6 Å². The number of nitrogens with zero attached hydrogens (tertiary/aromatic N) is 1. The first-order chi connectivity index (χ1) is 8.97. The van der Waals surface area contributed by atoms with Crippen molar-refractivity contribution in [2.75, 3.05) is 6.61 Å². The van der Waals surface area contributed by atoms with Crippen LogP contribution < -0.4 is 0 Å². The van der Waals surface area contributed by atoms with E-state index in [0.29, 0.717) is 18.4 Å². The molecule has 0 aromatic carbocycles. The van der Waals surface area contributed by atoms with E-state index in [1.807, 2.05) is 12.3 Å². The lowest BCUT2D eigenvalue weighted by molar-refractivity contribution is -0.150. The fraction of sp³-hybridized carbons (Fsp3) is 0.800. The second-order valence-electron chi connectivity index (χ2n) is 6.31. The zero-order chi connectivity index (χ0) is 13.9. The lowest BCUT2D eigenvalue weighted by Crippen LogP contribution is -2.50. The van der Waals surface area contributed by atoms with E-state index in [4.69, 9.17) is 4.74 Å². The summed E-state index contributed by atoms with van der Waals surface area (Å²) in [6.07, 6.45) is 6.07. The number of aromatic nitrogens is 1. The van der Waals surface area contributed by atoms with Crippen molar-refractivity contribution >= 4 is 11.3 Å². The molecular formula is C15H25NO2S. The minimum absolute atomic E-state index is 0.365.